The van der Waals surface area contributed by atoms with Gasteiger partial charge in [0, 0.05) is 25.7 Å². The lowest BCUT2D eigenvalue weighted by atomic mass is 9.96. The molecule has 0 aliphatic carbocycles. The Morgan fingerprint density at radius 1 is 1.25 bits per heavy atom. The molecule has 0 N–H and O–H groups in total. The van der Waals surface area contributed by atoms with E-state index in [-0.39, 0.29) is 11.5 Å². The topological polar surface area (TPSA) is 98.8 Å². The van der Waals surface area contributed by atoms with Crippen LogP contribution in [0.1, 0.15) is 33.2 Å². The third-order valence-electron chi connectivity index (χ3n) is 4.94. The molecule has 9 nitrogen and oxygen atoms in total. The lowest BCUT2D eigenvalue weighted by Gasteiger charge is -2.31. The third-order valence-corrected chi connectivity index (χ3v) is 6.00. The highest BCUT2D eigenvalue weighted by molar-refractivity contribution is 7.13. The van der Waals surface area contributed by atoms with Gasteiger partial charge in [0.25, 0.3) is 11.5 Å². The van der Waals surface area contributed by atoms with Crippen molar-refractivity contribution in [3.63, 3.8) is 0 Å². The molecule has 146 valence electrons. The number of thiazole rings is 1. The average molecular weight is 399 g/mol. The van der Waals surface area contributed by atoms with Gasteiger partial charge in [-0.2, -0.15) is 5.10 Å². The third kappa shape index (κ3) is 3.72. The van der Waals surface area contributed by atoms with Crippen molar-refractivity contribution in [2.45, 2.75) is 33.2 Å². The Morgan fingerprint density at radius 2 is 2.04 bits per heavy atom. The van der Waals surface area contributed by atoms with Crippen LogP contribution in [0.5, 0.6) is 0 Å². The highest BCUT2D eigenvalue weighted by Gasteiger charge is 2.26. The summed E-state index contributed by atoms with van der Waals surface area (Å²) >= 11 is 1.45. The van der Waals surface area contributed by atoms with Crippen LogP contribution < -0.4 is 5.56 Å². The number of rotatable bonds is 4. The van der Waals surface area contributed by atoms with Crippen LogP contribution in [0.4, 0.5) is 0 Å². The second-order valence-corrected chi connectivity index (χ2v) is 8.14. The number of carbonyl (C=O) groups excluding carboxylic acids is 1. The molecule has 1 aliphatic heterocycles. The van der Waals surface area contributed by atoms with E-state index in [2.05, 4.69) is 20.2 Å². The van der Waals surface area contributed by atoms with Crippen LogP contribution in [0, 0.1) is 19.8 Å². The van der Waals surface area contributed by atoms with Crippen molar-refractivity contribution >= 4 is 17.2 Å². The van der Waals surface area contributed by atoms with Gasteiger partial charge in [-0.05, 0) is 38.7 Å². The van der Waals surface area contributed by atoms with Gasteiger partial charge in [0.15, 0.2) is 5.82 Å². The first-order valence-corrected chi connectivity index (χ1v) is 9.99. The van der Waals surface area contributed by atoms with E-state index in [0.29, 0.717) is 31.4 Å². The summed E-state index contributed by atoms with van der Waals surface area (Å²) in [5, 5.41) is 9.36. The van der Waals surface area contributed by atoms with Crippen molar-refractivity contribution in [3.05, 3.63) is 50.7 Å². The summed E-state index contributed by atoms with van der Waals surface area (Å²) in [4.78, 5) is 35.8. The second kappa shape index (κ2) is 7.63. The average Bonchev–Trinajstić information content (AvgIpc) is 3.33. The quantitative estimate of drug-likeness (QED) is 0.658. The van der Waals surface area contributed by atoms with Crippen LogP contribution in [0.2, 0.25) is 0 Å². The van der Waals surface area contributed by atoms with E-state index in [0.717, 1.165) is 28.4 Å². The van der Waals surface area contributed by atoms with Crippen molar-refractivity contribution in [3.8, 4) is 5.82 Å². The van der Waals surface area contributed by atoms with Crippen LogP contribution in [0.15, 0.2) is 29.6 Å². The van der Waals surface area contributed by atoms with Crippen LogP contribution in [0.3, 0.4) is 0 Å². The molecule has 4 heterocycles. The van der Waals surface area contributed by atoms with E-state index in [1.165, 1.54) is 33.1 Å². The zero-order valence-corrected chi connectivity index (χ0v) is 16.6. The number of nitrogens with zero attached hydrogens (tertiary/aromatic N) is 7. The van der Waals surface area contributed by atoms with Crippen molar-refractivity contribution < 1.29 is 4.79 Å². The monoisotopic (exact) mass is 399 g/mol. The van der Waals surface area contributed by atoms with E-state index in [9.17, 15) is 9.59 Å². The predicted octanol–water partition coefficient (Wildman–Crippen LogP) is 1.45. The molecule has 0 radical (unpaired) electrons. The fourth-order valence-corrected chi connectivity index (χ4v) is 4.34. The fourth-order valence-electron chi connectivity index (χ4n) is 3.45. The highest BCUT2D eigenvalue weighted by Crippen LogP contribution is 2.24. The van der Waals surface area contributed by atoms with Crippen molar-refractivity contribution in [2.75, 3.05) is 13.1 Å². The fraction of sp³-hybridized carbons (Fsp3) is 0.444. The molecule has 0 atom stereocenters. The molecule has 0 aromatic carbocycles. The minimum absolute atomic E-state index is 0.0602. The molecular weight excluding hydrogens is 378 g/mol. The molecule has 1 fully saturated rings. The predicted molar refractivity (Wildman–Crippen MR) is 104 cm³/mol. The Kier molecular flexibility index (Phi) is 5.03. The van der Waals surface area contributed by atoms with E-state index in [1.54, 1.807) is 12.4 Å². The Bertz CT molecular complexity index is 1030. The number of hydrogen-bond donors (Lipinski definition) is 0. The molecule has 28 heavy (non-hydrogen) atoms. The maximum atomic E-state index is 12.7. The summed E-state index contributed by atoms with van der Waals surface area (Å²) in [5.74, 6) is 0.912. The van der Waals surface area contributed by atoms with Gasteiger partial charge in [-0.15, -0.1) is 16.4 Å². The lowest BCUT2D eigenvalue weighted by molar-refractivity contribution is 0.0684. The van der Waals surface area contributed by atoms with Gasteiger partial charge < -0.3 is 4.90 Å². The zero-order chi connectivity index (χ0) is 19.7. The van der Waals surface area contributed by atoms with Gasteiger partial charge >= 0.3 is 0 Å². The Hall–Kier alpha value is -2.88. The molecule has 0 unspecified atom stereocenters. The van der Waals surface area contributed by atoms with E-state index >= 15 is 0 Å². The minimum atomic E-state index is -0.141. The first kappa shape index (κ1) is 18.5. The van der Waals surface area contributed by atoms with E-state index < -0.39 is 0 Å². The molecule has 1 aliphatic rings. The van der Waals surface area contributed by atoms with Gasteiger partial charge in [0.1, 0.15) is 17.5 Å². The summed E-state index contributed by atoms with van der Waals surface area (Å²) in [7, 11) is 0. The Balaban J connectivity index is 1.41. The van der Waals surface area contributed by atoms with Gasteiger partial charge in [-0.3, -0.25) is 9.59 Å². The Morgan fingerprint density at radius 3 is 2.68 bits per heavy atom. The first-order valence-electron chi connectivity index (χ1n) is 9.18. The van der Waals surface area contributed by atoms with Crippen LogP contribution in [-0.4, -0.2) is 53.4 Å². The van der Waals surface area contributed by atoms with Crippen molar-refractivity contribution in [1.29, 1.82) is 0 Å². The molecule has 1 saturated heterocycles. The smallest absolute Gasteiger partial charge is 0.266 e. The number of amides is 1. The molecule has 0 spiro atoms. The molecule has 0 bridgehead atoms. The van der Waals surface area contributed by atoms with Crippen LogP contribution >= 0.6 is 11.3 Å². The van der Waals surface area contributed by atoms with Crippen molar-refractivity contribution in [1.82, 2.24) is 34.4 Å². The molecular formula is C18H21N7O2S. The summed E-state index contributed by atoms with van der Waals surface area (Å²) < 4.78 is 3.01. The molecule has 10 heteroatoms. The summed E-state index contributed by atoms with van der Waals surface area (Å²) in [6, 6.07) is 3.13. The number of aryl methyl sites for hydroxylation is 2. The normalized spacial score (nSPS) is 15.1. The maximum absolute atomic E-state index is 12.7. The Labute approximate surface area is 165 Å². The van der Waals surface area contributed by atoms with Gasteiger partial charge in [-0.1, -0.05) is 0 Å². The van der Waals surface area contributed by atoms with Gasteiger partial charge in [-0.25, -0.2) is 19.3 Å². The maximum Gasteiger partial charge on any atom is 0.266 e. The molecule has 0 saturated carbocycles. The molecule has 1 amide bonds. The molecule has 4 rings (SSSR count). The number of piperidine rings is 1. The van der Waals surface area contributed by atoms with Crippen LogP contribution in [0.25, 0.3) is 5.82 Å². The number of carbonyl (C=O) groups is 1. The molecule has 3 aromatic rings. The standard InChI is InChI=1S/C18H21N7O2S/c1-12-17(28-13(2)21-12)18(27)23-7-5-14(6-8-23)9-24-16(26)4-3-15(22-24)25-11-19-10-20-25/h3-4,10-11,14H,5-9H2,1-2H3. The molecule has 3 aromatic heterocycles. The van der Waals surface area contributed by atoms with E-state index in [1.807, 2.05) is 18.7 Å². The lowest BCUT2D eigenvalue weighted by Crippen LogP contribution is -2.40. The van der Waals surface area contributed by atoms with Gasteiger partial charge in [0.2, 0.25) is 0 Å². The summed E-state index contributed by atoms with van der Waals surface area (Å²) in [5.41, 5.74) is 0.661. The number of hydrogen-bond acceptors (Lipinski definition) is 7. The van der Waals surface area contributed by atoms with E-state index in [4.69, 9.17) is 0 Å². The van der Waals surface area contributed by atoms with Crippen molar-refractivity contribution in [2.24, 2.45) is 5.92 Å². The van der Waals surface area contributed by atoms with Gasteiger partial charge in [0.05, 0.1) is 10.7 Å². The number of aromatic nitrogens is 6. The second-order valence-electron chi connectivity index (χ2n) is 6.93. The minimum Gasteiger partial charge on any atom is -0.338 e. The highest BCUT2D eigenvalue weighted by atomic mass is 32.1. The zero-order valence-electron chi connectivity index (χ0n) is 15.8. The van der Waals surface area contributed by atoms with Crippen LogP contribution in [-0.2, 0) is 6.54 Å². The number of likely N-dealkylation sites (tertiary alicyclic amines) is 1. The summed E-state index contributed by atoms with van der Waals surface area (Å²) in [6.45, 7) is 5.68. The first-order chi connectivity index (χ1) is 13.5. The SMILES string of the molecule is Cc1nc(C)c(C(=O)N2CCC(Cn3nc(-n4cncn4)ccc3=O)CC2)s1. The summed E-state index contributed by atoms with van der Waals surface area (Å²) in [6.07, 6.45) is 4.65. The largest absolute Gasteiger partial charge is 0.338 e.